The molecule has 1 N–H and O–H groups in total. The Bertz CT molecular complexity index is 597. The summed E-state index contributed by atoms with van der Waals surface area (Å²) < 4.78 is 5.16. The zero-order valence-electron chi connectivity index (χ0n) is 10.5. The van der Waals surface area contributed by atoms with E-state index in [0.717, 1.165) is 11.8 Å². The summed E-state index contributed by atoms with van der Waals surface area (Å²) >= 11 is 5.95. The van der Waals surface area contributed by atoms with E-state index in [0.29, 0.717) is 5.02 Å². The molecule has 6 heteroatoms. The predicted octanol–water partition coefficient (Wildman–Crippen LogP) is 3.22. The van der Waals surface area contributed by atoms with E-state index in [1.807, 2.05) is 25.1 Å². The summed E-state index contributed by atoms with van der Waals surface area (Å²) in [4.78, 5) is 16.4. The van der Waals surface area contributed by atoms with Crippen molar-refractivity contribution < 1.29 is 14.3 Å². The Morgan fingerprint density at radius 1 is 1.53 bits per heavy atom. The number of benzene rings is 1. The minimum Gasteiger partial charge on any atom is -0.476 e. The molecule has 0 aliphatic heterocycles. The third kappa shape index (κ3) is 2.88. The van der Waals surface area contributed by atoms with Crippen molar-refractivity contribution in [2.45, 2.75) is 13.0 Å². The average molecular weight is 281 g/mol. The second-order valence-corrected chi connectivity index (χ2v) is 4.60. The number of aromatic carboxylic acids is 1. The summed E-state index contributed by atoms with van der Waals surface area (Å²) in [5, 5.41) is 9.46. The summed E-state index contributed by atoms with van der Waals surface area (Å²) in [5.74, 6) is -1.11. The molecule has 5 nitrogen and oxygen atoms in total. The van der Waals surface area contributed by atoms with Crippen molar-refractivity contribution in [2.24, 2.45) is 0 Å². The highest BCUT2D eigenvalue weighted by molar-refractivity contribution is 6.30. The molecule has 0 saturated heterocycles. The highest BCUT2D eigenvalue weighted by Gasteiger charge is 2.19. The summed E-state index contributed by atoms with van der Waals surface area (Å²) in [5.41, 5.74) is 0.880. The Balaban J connectivity index is 2.22. The van der Waals surface area contributed by atoms with Crippen LogP contribution in [0, 0.1) is 0 Å². The number of hydrogen-bond acceptors (Lipinski definition) is 4. The number of anilines is 1. The van der Waals surface area contributed by atoms with Crippen LogP contribution in [0.2, 0.25) is 5.02 Å². The molecule has 0 aliphatic carbocycles. The number of halogens is 1. The van der Waals surface area contributed by atoms with Gasteiger partial charge in [-0.25, -0.2) is 4.79 Å². The zero-order valence-corrected chi connectivity index (χ0v) is 11.3. The highest BCUT2D eigenvalue weighted by Crippen LogP contribution is 2.26. The first-order chi connectivity index (χ1) is 8.99. The molecule has 1 aromatic heterocycles. The molecule has 0 bridgehead atoms. The molecule has 0 saturated carbocycles. The first-order valence-corrected chi connectivity index (χ1v) is 6.04. The third-order valence-corrected chi connectivity index (χ3v) is 3.16. The molecule has 1 unspecified atom stereocenters. The molecule has 2 rings (SSSR count). The second kappa shape index (κ2) is 5.32. The van der Waals surface area contributed by atoms with Gasteiger partial charge in [0.15, 0.2) is 5.69 Å². The lowest BCUT2D eigenvalue weighted by Crippen LogP contribution is -2.22. The van der Waals surface area contributed by atoms with E-state index >= 15 is 0 Å². The fourth-order valence-electron chi connectivity index (χ4n) is 1.68. The second-order valence-electron chi connectivity index (χ2n) is 4.16. The van der Waals surface area contributed by atoms with Crippen LogP contribution in [0.1, 0.15) is 29.0 Å². The van der Waals surface area contributed by atoms with Crippen LogP contribution in [0.15, 0.2) is 34.9 Å². The van der Waals surface area contributed by atoms with Gasteiger partial charge in [0.05, 0.1) is 6.04 Å². The summed E-state index contributed by atoms with van der Waals surface area (Å²) in [6.45, 7) is 1.95. The number of nitrogens with zero attached hydrogens (tertiary/aromatic N) is 2. The van der Waals surface area contributed by atoms with Gasteiger partial charge in [-0.15, -0.1) is 0 Å². The molecular weight excluding hydrogens is 268 g/mol. The van der Waals surface area contributed by atoms with E-state index in [9.17, 15) is 4.79 Å². The van der Waals surface area contributed by atoms with Gasteiger partial charge in [-0.05, 0) is 24.6 Å². The molecule has 100 valence electrons. The number of oxazole rings is 1. The SMILES string of the molecule is CC(c1cccc(Cl)c1)N(C)c1nc(C(=O)O)co1. The molecular formula is C13H13ClN2O3. The van der Waals surface area contributed by atoms with Gasteiger partial charge >= 0.3 is 5.97 Å². The van der Waals surface area contributed by atoms with Gasteiger partial charge in [0.1, 0.15) is 6.26 Å². The van der Waals surface area contributed by atoms with Crippen LogP contribution in [0.4, 0.5) is 6.01 Å². The number of carboxylic acid groups (broad SMARTS) is 1. The van der Waals surface area contributed by atoms with Gasteiger partial charge < -0.3 is 14.4 Å². The van der Waals surface area contributed by atoms with Crippen molar-refractivity contribution >= 4 is 23.6 Å². The Morgan fingerprint density at radius 2 is 2.26 bits per heavy atom. The molecule has 1 aromatic carbocycles. The first kappa shape index (κ1) is 13.4. The molecule has 0 amide bonds. The maximum absolute atomic E-state index is 10.8. The zero-order chi connectivity index (χ0) is 14.0. The van der Waals surface area contributed by atoms with Crippen molar-refractivity contribution in [3.8, 4) is 0 Å². The lowest BCUT2D eigenvalue weighted by molar-refractivity contribution is 0.0690. The Hall–Kier alpha value is -2.01. The van der Waals surface area contributed by atoms with Crippen molar-refractivity contribution in [1.82, 2.24) is 4.98 Å². The van der Waals surface area contributed by atoms with Gasteiger partial charge in [0, 0.05) is 12.1 Å². The fraction of sp³-hybridized carbons (Fsp3) is 0.231. The van der Waals surface area contributed by atoms with Crippen LogP contribution in [-0.4, -0.2) is 23.1 Å². The van der Waals surface area contributed by atoms with Crippen LogP contribution >= 0.6 is 11.6 Å². The largest absolute Gasteiger partial charge is 0.476 e. The van der Waals surface area contributed by atoms with E-state index in [1.165, 1.54) is 0 Å². The number of carboxylic acids is 1. The minimum absolute atomic E-state index is 0.0426. The molecule has 0 aliphatic rings. The molecule has 0 spiro atoms. The van der Waals surface area contributed by atoms with Crippen molar-refractivity contribution in [3.63, 3.8) is 0 Å². The van der Waals surface area contributed by atoms with Gasteiger partial charge in [-0.2, -0.15) is 4.98 Å². The summed E-state index contributed by atoms with van der Waals surface area (Å²) in [6, 6.07) is 7.66. The summed E-state index contributed by atoms with van der Waals surface area (Å²) in [6.07, 6.45) is 1.12. The van der Waals surface area contributed by atoms with E-state index < -0.39 is 5.97 Å². The molecule has 0 radical (unpaired) electrons. The van der Waals surface area contributed by atoms with Crippen molar-refractivity contribution in [3.05, 3.63) is 46.8 Å². The van der Waals surface area contributed by atoms with Crippen LogP contribution in [0.3, 0.4) is 0 Å². The quantitative estimate of drug-likeness (QED) is 0.931. The Morgan fingerprint density at radius 3 is 2.84 bits per heavy atom. The van der Waals surface area contributed by atoms with Crippen LogP contribution in [0.5, 0.6) is 0 Å². The smallest absolute Gasteiger partial charge is 0.357 e. The number of hydrogen-bond donors (Lipinski definition) is 1. The lowest BCUT2D eigenvalue weighted by Gasteiger charge is -2.23. The van der Waals surface area contributed by atoms with E-state index in [1.54, 1.807) is 18.0 Å². The molecule has 2 aromatic rings. The molecule has 1 heterocycles. The lowest BCUT2D eigenvalue weighted by atomic mass is 10.1. The van der Waals surface area contributed by atoms with E-state index in [-0.39, 0.29) is 17.8 Å². The standard InChI is InChI=1S/C13H13ClN2O3/c1-8(9-4-3-5-10(14)6-9)16(2)13-15-11(7-19-13)12(17)18/h3-8H,1-2H3,(H,17,18). The highest BCUT2D eigenvalue weighted by atomic mass is 35.5. The van der Waals surface area contributed by atoms with Gasteiger partial charge in [-0.3, -0.25) is 0 Å². The Kier molecular flexibility index (Phi) is 3.76. The minimum atomic E-state index is -1.11. The molecule has 19 heavy (non-hydrogen) atoms. The number of rotatable bonds is 4. The topological polar surface area (TPSA) is 66.6 Å². The van der Waals surface area contributed by atoms with Crippen molar-refractivity contribution in [2.75, 3.05) is 11.9 Å². The normalized spacial score (nSPS) is 12.2. The number of carbonyl (C=O) groups is 1. The predicted molar refractivity (Wildman–Crippen MR) is 71.7 cm³/mol. The Labute approximate surface area is 115 Å². The average Bonchev–Trinajstić information content (AvgIpc) is 2.86. The maximum Gasteiger partial charge on any atom is 0.357 e. The van der Waals surface area contributed by atoms with Crippen molar-refractivity contribution in [1.29, 1.82) is 0 Å². The maximum atomic E-state index is 10.8. The number of aromatic nitrogens is 1. The summed E-state index contributed by atoms with van der Waals surface area (Å²) in [7, 11) is 1.78. The first-order valence-electron chi connectivity index (χ1n) is 5.66. The van der Waals surface area contributed by atoms with Gasteiger partial charge in [0.2, 0.25) is 0 Å². The van der Waals surface area contributed by atoms with E-state index in [4.69, 9.17) is 21.1 Å². The third-order valence-electron chi connectivity index (χ3n) is 2.92. The fourth-order valence-corrected chi connectivity index (χ4v) is 1.88. The van der Waals surface area contributed by atoms with Gasteiger partial charge in [0.25, 0.3) is 6.01 Å². The molecule has 1 atom stereocenters. The van der Waals surface area contributed by atoms with E-state index in [2.05, 4.69) is 4.98 Å². The van der Waals surface area contributed by atoms with Gasteiger partial charge in [-0.1, -0.05) is 23.7 Å². The van der Waals surface area contributed by atoms with Crippen LogP contribution < -0.4 is 4.90 Å². The monoisotopic (exact) mass is 280 g/mol. The molecule has 0 fully saturated rings. The van der Waals surface area contributed by atoms with Crippen LogP contribution in [0.25, 0.3) is 0 Å². The van der Waals surface area contributed by atoms with Crippen LogP contribution in [-0.2, 0) is 0 Å².